The highest BCUT2D eigenvalue weighted by molar-refractivity contribution is 9.10. The van der Waals surface area contributed by atoms with E-state index in [1.807, 2.05) is 37.3 Å². The van der Waals surface area contributed by atoms with Gasteiger partial charge < -0.3 is 10.1 Å². The van der Waals surface area contributed by atoms with Crippen LogP contribution in [-0.2, 0) is 6.54 Å². The Morgan fingerprint density at radius 1 is 1.37 bits per heavy atom. The third-order valence-electron chi connectivity index (χ3n) is 2.53. The van der Waals surface area contributed by atoms with Crippen molar-refractivity contribution in [3.8, 4) is 5.88 Å². The van der Waals surface area contributed by atoms with Crippen molar-refractivity contribution in [3.05, 3.63) is 51.6 Å². The van der Waals surface area contributed by atoms with Gasteiger partial charge >= 0.3 is 0 Å². The van der Waals surface area contributed by atoms with E-state index in [9.17, 15) is 0 Å². The summed E-state index contributed by atoms with van der Waals surface area (Å²) in [6, 6.07) is 9.58. The Hall–Kier alpha value is -1.26. The molecule has 100 valence electrons. The van der Waals surface area contributed by atoms with Crippen molar-refractivity contribution in [2.24, 2.45) is 0 Å². The molecule has 0 radical (unpaired) electrons. The van der Waals surface area contributed by atoms with Crippen molar-refractivity contribution >= 4 is 33.2 Å². The van der Waals surface area contributed by atoms with Gasteiger partial charge in [-0.25, -0.2) is 4.98 Å². The maximum atomic E-state index is 6.16. The van der Waals surface area contributed by atoms with Crippen LogP contribution in [0.1, 0.15) is 12.5 Å². The molecule has 5 heteroatoms. The normalized spacial score (nSPS) is 10.3. The predicted molar refractivity (Wildman–Crippen MR) is 81.9 cm³/mol. The predicted octanol–water partition coefficient (Wildman–Crippen LogP) is 4.51. The molecule has 3 nitrogen and oxygen atoms in total. The van der Waals surface area contributed by atoms with Crippen LogP contribution in [0.3, 0.4) is 0 Å². The molecule has 2 aromatic rings. The van der Waals surface area contributed by atoms with Crippen LogP contribution in [0.5, 0.6) is 5.88 Å². The van der Waals surface area contributed by atoms with Crippen molar-refractivity contribution in [1.29, 1.82) is 0 Å². The smallest absolute Gasteiger partial charge is 0.237 e. The molecule has 0 fully saturated rings. The van der Waals surface area contributed by atoms with Gasteiger partial charge in [0.2, 0.25) is 5.88 Å². The molecular formula is C14H14BrClN2O. The second-order valence-electron chi connectivity index (χ2n) is 3.88. The zero-order valence-electron chi connectivity index (χ0n) is 10.5. The molecule has 0 aliphatic rings. The number of rotatable bonds is 5. The average molecular weight is 342 g/mol. The molecule has 1 aromatic carbocycles. The molecular weight excluding hydrogens is 328 g/mol. The number of ether oxygens (including phenoxy) is 1. The van der Waals surface area contributed by atoms with Crippen LogP contribution in [0.25, 0.3) is 0 Å². The Balaban J connectivity index is 2.12. The fraction of sp³-hybridized carbons (Fsp3) is 0.214. The number of halogens is 2. The van der Waals surface area contributed by atoms with Gasteiger partial charge in [-0.1, -0.05) is 27.5 Å². The van der Waals surface area contributed by atoms with Gasteiger partial charge in [-0.15, -0.1) is 0 Å². The quantitative estimate of drug-likeness (QED) is 0.869. The molecule has 2 rings (SSSR count). The van der Waals surface area contributed by atoms with E-state index < -0.39 is 0 Å². The molecule has 0 saturated heterocycles. The molecule has 0 aliphatic heterocycles. The van der Waals surface area contributed by atoms with Crippen molar-refractivity contribution in [2.75, 3.05) is 11.9 Å². The number of anilines is 1. The maximum absolute atomic E-state index is 6.16. The second-order valence-corrected chi connectivity index (χ2v) is 5.20. The van der Waals surface area contributed by atoms with Gasteiger partial charge in [-0.2, -0.15) is 0 Å². The van der Waals surface area contributed by atoms with E-state index in [-0.39, 0.29) is 0 Å². The first-order valence-electron chi connectivity index (χ1n) is 5.96. The third-order valence-corrected chi connectivity index (χ3v) is 3.39. The van der Waals surface area contributed by atoms with E-state index in [1.165, 1.54) is 0 Å². The van der Waals surface area contributed by atoms with Crippen LogP contribution in [-0.4, -0.2) is 11.6 Å². The lowest BCUT2D eigenvalue weighted by molar-refractivity contribution is 0.328. The number of pyridine rings is 1. The zero-order valence-corrected chi connectivity index (χ0v) is 12.8. The maximum Gasteiger partial charge on any atom is 0.237 e. The molecule has 1 aromatic heterocycles. The lowest BCUT2D eigenvalue weighted by atomic mass is 10.2. The van der Waals surface area contributed by atoms with Crippen LogP contribution in [0, 0.1) is 0 Å². The zero-order chi connectivity index (χ0) is 13.7. The third kappa shape index (κ3) is 3.85. The minimum atomic E-state index is 0.587. The molecule has 0 unspecified atom stereocenters. The number of benzene rings is 1. The molecule has 0 spiro atoms. The molecule has 0 amide bonds. The number of nitrogens with zero attached hydrogens (tertiary/aromatic N) is 1. The Morgan fingerprint density at radius 2 is 2.21 bits per heavy atom. The van der Waals surface area contributed by atoms with Gasteiger partial charge in [0.05, 0.1) is 12.3 Å². The minimum absolute atomic E-state index is 0.587. The van der Waals surface area contributed by atoms with E-state index in [0.29, 0.717) is 19.0 Å². The monoisotopic (exact) mass is 340 g/mol. The molecule has 0 saturated carbocycles. The largest absolute Gasteiger partial charge is 0.476 e. The second kappa shape index (κ2) is 6.78. The summed E-state index contributed by atoms with van der Waals surface area (Å²) >= 11 is 9.59. The summed E-state index contributed by atoms with van der Waals surface area (Å²) in [7, 11) is 0. The van der Waals surface area contributed by atoms with E-state index in [0.717, 1.165) is 20.7 Å². The summed E-state index contributed by atoms with van der Waals surface area (Å²) < 4.78 is 6.47. The van der Waals surface area contributed by atoms with Gasteiger partial charge in [0.25, 0.3) is 0 Å². The summed E-state index contributed by atoms with van der Waals surface area (Å²) in [5.41, 5.74) is 1.88. The summed E-state index contributed by atoms with van der Waals surface area (Å²) in [5.74, 6) is 0.608. The van der Waals surface area contributed by atoms with Crippen LogP contribution < -0.4 is 10.1 Å². The average Bonchev–Trinajstić information content (AvgIpc) is 2.42. The van der Waals surface area contributed by atoms with E-state index in [2.05, 4.69) is 26.2 Å². The summed E-state index contributed by atoms with van der Waals surface area (Å²) in [6.45, 7) is 3.14. The van der Waals surface area contributed by atoms with E-state index in [4.69, 9.17) is 16.3 Å². The van der Waals surface area contributed by atoms with Crippen LogP contribution in [0.2, 0.25) is 5.02 Å². The Kier molecular flexibility index (Phi) is 5.05. The molecule has 0 bridgehead atoms. The SMILES string of the molecule is CCOc1ncccc1NCc1cc(Br)ccc1Cl. The highest BCUT2D eigenvalue weighted by Gasteiger charge is 2.05. The fourth-order valence-electron chi connectivity index (χ4n) is 1.65. The van der Waals surface area contributed by atoms with Gasteiger partial charge in [0.1, 0.15) is 0 Å². The van der Waals surface area contributed by atoms with Crippen LogP contribution in [0.15, 0.2) is 41.0 Å². The van der Waals surface area contributed by atoms with E-state index >= 15 is 0 Å². The standard InChI is InChI=1S/C14H14BrClN2O/c1-2-19-14-13(4-3-7-17-14)18-9-10-8-11(15)5-6-12(10)16/h3-8,18H,2,9H2,1H3. The summed E-state index contributed by atoms with van der Waals surface area (Å²) in [4.78, 5) is 4.19. The van der Waals surface area contributed by atoms with Crippen LogP contribution in [0.4, 0.5) is 5.69 Å². The van der Waals surface area contributed by atoms with Crippen molar-refractivity contribution in [3.63, 3.8) is 0 Å². The van der Waals surface area contributed by atoms with Gasteiger partial charge in [0.15, 0.2) is 0 Å². The molecule has 1 heterocycles. The lowest BCUT2D eigenvalue weighted by Crippen LogP contribution is -2.04. The lowest BCUT2D eigenvalue weighted by Gasteiger charge is -2.12. The first-order valence-corrected chi connectivity index (χ1v) is 7.13. The van der Waals surface area contributed by atoms with Crippen molar-refractivity contribution < 1.29 is 4.74 Å². The molecule has 19 heavy (non-hydrogen) atoms. The number of aromatic nitrogens is 1. The van der Waals surface area contributed by atoms with Crippen molar-refractivity contribution in [1.82, 2.24) is 4.98 Å². The Bertz CT molecular complexity index is 563. The van der Waals surface area contributed by atoms with E-state index in [1.54, 1.807) is 6.20 Å². The van der Waals surface area contributed by atoms with Gasteiger partial charge in [-0.3, -0.25) is 0 Å². The fourth-order valence-corrected chi connectivity index (χ4v) is 2.24. The number of hydrogen-bond donors (Lipinski definition) is 1. The first-order chi connectivity index (χ1) is 9.20. The Morgan fingerprint density at radius 3 is 3.00 bits per heavy atom. The highest BCUT2D eigenvalue weighted by atomic mass is 79.9. The minimum Gasteiger partial charge on any atom is -0.476 e. The van der Waals surface area contributed by atoms with Crippen LogP contribution >= 0.6 is 27.5 Å². The van der Waals surface area contributed by atoms with Gasteiger partial charge in [0, 0.05) is 22.2 Å². The molecule has 0 atom stereocenters. The number of hydrogen-bond acceptors (Lipinski definition) is 3. The highest BCUT2D eigenvalue weighted by Crippen LogP contribution is 2.25. The van der Waals surface area contributed by atoms with Gasteiger partial charge in [-0.05, 0) is 42.8 Å². The topological polar surface area (TPSA) is 34.1 Å². The summed E-state index contributed by atoms with van der Waals surface area (Å²) in [6.07, 6.45) is 1.71. The number of nitrogens with one attached hydrogen (secondary N) is 1. The Labute approximate surface area is 126 Å². The summed E-state index contributed by atoms with van der Waals surface area (Å²) in [5, 5.41) is 4.02. The first kappa shape index (κ1) is 14.2. The molecule has 1 N–H and O–H groups in total. The van der Waals surface area contributed by atoms with Crippen molar-refractivity contribution in [2.45, 2.75) is 13.5 Å². The molecule has 0 aliphatic carbocycles.